The van der Waals surface area contributed by atoms with Gasteiger partial charge < -0.3 is 5.32 Å². The van der Waals surface area contributed by atoms with Gasteiger partial charge in [-0.1, -0.05) is 36.4 Å². The van der Waals surface area contributed by atoms with Gasteiger partial charge in [0, 0.05) is 12.1 Å². The number of nitrogens with one attached hydrogen (secondary N) is 1. The van der Waals surface area contributed by atoms with Crippen molar-refractivity contribution in [3.05, 3.63) is 47.5 Å². The van der Waals surface area contributed by atoms with Crippen LogP contribution in [0.25, 0.3) is 0 Å². The van der Waals surface area contributed by atoms with Gasteiger partial charge >= 0.3 is 0 Å². The Kier molecular flexibility index (Phi) is 2.79. The van der Waals surface area contributed by atoms with Crippen LogP contribution < -0.4 is 5.32 Å². The van der Waals surface area contributed by atoms with Gasteiger partial charge in [0.15, 0.2) is 0 Å². The summed E-state index contributed by atoms with van der Waals surface area (Å²) in [6.45, 7) is 0. The first-order valence-electron chi connectivity index (χ1n) is 6.39. The van der Waals surface area contributed by atoms with E-state index in [9.17, 15) is 0 Å². The van der Waals surface area contributed by atoms with Crippen molar-refractivity contribution in [2.24, 2.45) is 0 Å². The Labute approximate surface area is 97.6 Å². The first-order valence-corrected chi connectivity index (χ1v) is 6.39. The summed E-state index contributed by atoms with van der Waals surface area (Å²) in [4.78, 5) is 0. The lowest BCUT2D eigenvalue weighted by molar-refractivity contribution is 0.401. The van der Waals surface area contributed by atoms with Crippen LogP contribution in [0.15, 0.2) is 36.4 Å². The molecule has 0 heterocycles. The molecular formula is C15H19N. The number of fused-ring (bicyclic) bond motifs is 1. The average Bonchev–Trinajstić information content (AvgIpc) is 2.82. The zero-order valence-electron chi connectivity index (χ0n) is 9.65. The fourth-order valence-electron chi connectivity index (χ4n) is 2.93. The smallest absolute Gasteiger partial charge is 0.0139 e. The molecule has 1 N–H and O–H groups in total. The van der Waals surface area contributed by atoms with E-state index in [1.165, 1.54) is 32.1 Å². The summed E-state index contributed by atoms with van der Waals surface area (Å²) in [5, 5.41) is 3.80. The van der Waals surface area contributed by atoms with Gasteiger partial charge in [-0.25, -0.2) is 0 Å². The molecule has 84 valence electrons. The molecule has 0 aromatic heterocycles. The van der Waals surface area contributed by atoms with Crippen LogP contribution in [-0.4, -0.2) is 12.1 Å². The predicted molar refractivity (Wildman–Crippen MR) is 67.6 cm³/mol. The molecule has 0 radical (unpaired) electrons. The van der Waals surface area contributed by atoms with Crippen LogP contribution >= 0.6 is 0 Å². The number of hydrogen-bond donors (Lipinski definition) is 1. The number of benzene rings is 1. The minimum Gasteiger partial charge on any atom is -0.310 e. The Bertz CT molecular complexity index is 386. The van der Waals surface area contributed by atoms with Gasteiger partial charge in [0.05, 0.1) is 0 Å². The number of hydrogen-bond acceptors (Lipinski definition) is 1. The first kappa shape index (κ1) is 10.1. The number of rotatable bonds is 2. The molecule has 1 heteroatoms. The minimum absolute atomic E-state index is 0.694. The summed E-state index contributed by atoms with van der Waals surface area (Å²) in [5.74, 6) is 0. The van der Waals surface area contributed by atoms with Crippen molar-refractivity contribution >= 4 is 0 Å². The standard InChI is InChI=1S/C15H19N/c1-2-6-13-11-15(10-9-12(13)5-1)16-14-7-3-4-8-14/h1-6,14-16H,7-11H2. The summed E-state index contributed by atoms with van der Waals surface area (Å²) < 4.78 is 0. The molecule has 2 aliphatic rings. The molecule has 2 aliphatic carbocycles. The first-order chi connectivity index (χ1) is 7.92. The van der Waals surface area contributed by atoms with Crippen molar-refractivity contribution < 1.29 is 0 Å². The number of aryl methyl sites for hydroxylation is 1. The van der Waals surface area contributed by atoms with Crippen LogP contribution in [0.5, 0.6) is 0 Å². The molecule has 0 saturated carbocycles. The van der Waals surface area contributed by atoms with Crippen LogP contribution in [-0.2, 0) is 12.8 Å². The molecule has 0 bridgehead atoms. The molecule has 1 atom stereocenters. The zero-order valence-corrected chi connectivity index (χ0v) is 9.65. The van der Waals surface area contributed by atoms with Crippen molar-refractivity contribution in [3.8, 4) is 0 Å². The molecule has 1 aromatic carbocycles. The molecule has 0 spiro atoms. The summed E-state index contributed by atoms with van der Waals surface area (Å²) in [7, 11) is 0. The van der Waals surface area contributed by atoms with E-state index >= 15 is 0 Å². The molecule has 1 aromatic rings. The third kappa shape index (κ3) is 2.05. The lowest BCUT2D eigenvalue weighted by Gasteiger charge is -2.28. The fourth-order valence-corrected chi connectivity index (χ4v) is 2.93. The zero-order chi connectivity index (χ0) is 10.8. The van der Waals surface area contributed by atoms with Crippen LogP contribution in [0.2, 0.25) is 0 Å². The van der Waals surface area contributed by atoms with E-state index in [-0.39, 0.29) is 0 Å². The summed E-state index contributed by atoms with van der Waals surface area (Å²) in [6.07, 6.45) is 10.8. The van der Waals surface area contributed by atoms with Crippen LogP contribution in [0.4, 0.5) is 0 Å². The van der Waals surface area contributed by atoms with Gasteiger partial charge in [-0.15, -0.1) is 0 Å². The maximum Gasteiger partial charge on any atom is 0.0139 e. The van der Waals surface area contributed by atoms with Gasteiger partial charge in [-0.05, 0) is 43.2 Å². The average molecular weight is 213 g/mol. The van der Waals surface area contributed by atoms with Crippen LogP contribution in [0.3, 0.4) is 0 Å². The largest absolute Gasteiger partial charge is 0.310 e. The van der Waals surface area contributed by atoms with E-state index in [0.29, 0.717) is 12.1 Å². The molecule has 0 amide bonds. The van der Waals surface area contributed by atoms with E-state index in [0.717, 1.165) is 0 Å². The summed E-state index contributed by atoms with van der Waals surface area (Å²) in [6, 6.07) is 10.3. The SMILES string of the molecule is C1=CCC(NC2CCc3ccccc3C2)C1. The highest BCUT2D eigenvalue weighted by Crippen LogP contribution is 2.22. The monoisotopic (exact) mass is 213 g/mol. The van der Waals surface area contributed by atoms with Crippen molar-refractivity contribution in [1.29, 1.82) is 0 Å². The normalized spacial score (nSPS) is 24.6. The Morgan fingerprint density at radius 2 is 1.69 bits per heavy atom. The molecule has 1 unspecified atom stereocenters. The topological polar surface area (TPSA) is 12.0 Å². The van der Waals surface area contributed by atoms with Crippen molar-refractivity contribution in [2.75, 3.05) is 0 Å². The second kappa shape index (κ2) is 4.42. The maximum absolute atomic E-state index is 3.80. The highest BCUT2D eigenvalue weighted by atomic mass is 14.9. The lowest BCUT2D eigenvalue weighted by Crippen LogP contribution is -2.40. The Morgan fingerprint density at radius 3 is 2.50 bits per heavy atom. The Balaban J connectivity index is 1.64. The van der Waals surface area contributed by atoms with E-state index in [2.05, 4.69) is 41.7 Å². The van der Waals surface area contributed by atoms with Gasteiger partial charge in [0.25, 0.3) is 0 Å². The van der Waals surface area contributed by atoms with Crippen LogP contribution in [0, 0.1) is 0 Å². The fraction of sp³-hybridized carbons (Fsp3) is 0.467. The summed E-state index contributed by atoms with van der Waals surface area (Å²) in [5.41, 5.74) is 3.11. The molecule has 16 heavy (non-hydrogen) atoms. The quantitative estimate of drug-likeness (QED) is 0.745. The van der Waals surface area contributed by atoms with Gasteiger partial charge in [-0.2, -0.15) is 0 Å². The van der Waals surface area contributed by atoms with E-state index in [1.54, 1.807) is 11.1 Å². The Morgan fingerprint density at radius 1 is 0.938 bits per heavy atom. The lowest BCUT2D eigenvalue weighted by atomic mass is 9.88. The van der Waals surface area contributed by atoms with Crippen molar-refractivity contribution in [2.45, 2.75) is 44.2 Å². The van der Waals surface area contributed by atoms with E-state index in [4.69, 9.17) is 0 Å². The van der Waals surface area contributed by atoms with E-state index < -0.39 is 0 Å². The molecular weight excluding hydrogens is 194 g/mol. The predicted octanol–water partition coefficient (Wildman–Crippen LogP) is 2.85. The van der Waals surface area contributed by atoms with Gasteiger partial charge in [0.2, 0.25) is 0 Å². The third-order valence-corrected chi connectivity index (χ3v) is 3.83. The summed E-state index contributed by atoms with van der Waals surface area (Å²) >= 11 is 0. The third-order valence-electron chi connectivity index (χ3n) is 3.83. The molecule has 1 nitrogen and oxygen atoms in total. The van der Waals surface area contributed by atoms with Crippen molar-refractivity contribution in [1.82, 2.24) is 5.32 Å². The minimum atomic E-state index is 0.694. The van der Waals surface area contributed by atoms with Crippen molar-refractivity contribution in [3.63, 3.8) is 0 Å². The Hall–Kier alpha value is -1.08. The van der Waals surface area contributed by atoms with E-state index in [1.807, 2.05) is 0 Å². The highest BCUT2D eigenvalue weighted by Gasteiger charge is 2.21. The van der Waals surface area contributed by atoms with Gasteiger partial charge in [0.1, 0.15) is 0 Å². The van der Waals surface area contributed by atoms with Gasteiger partial charge in [-0.3, -0.25) is 0 Å². The molecule has 0 saturated heterocycles. The van der Waals surface area contributed by atoms with Crippen LogP contribution in [0.1, 0.15) is 30.4 Å². The molecule has 0 aliphatic heterocycles. The molecule has 0 fully saturated rings. The highest BCUT2D eigenvalue weighted by molar-refractivity contribution is 5.30. The maximum atomic E-state index is 3.80. The molecule has 3 rings (SSSR count). The second-order valence-corrected chi connectivity index (χ2v) is 5.01. The second-order valence-electron chi connectivity index (χ2n) is 5.01.